The number of hydrogen-bond donors (Lipinski definition) is 0. The van der Waals surface area contributed by atoms with E-state index in [9.17, 15) is 9.59 Å². The minimum atomic E-state index is -0.260. The molecule has 10 heteroatoms. The minimum Gasteiger partial charge on any atom is -0.497 e. The van der Waals surface area contributed by atoms with E-state index in [-0.39, 0.29) is 24.1 Å². The summed E-state index contributed by atoms with van der Waals surface area (Å²) in [5.41, 5.74) is 1.76. The third-order valence-electron chi connectivity index (χ3n) is 7.13. The zero-order valence-corrected chi connectivity index (χ0v) is 23.1. The van der Waals surface area contributed by atoms with E-state index in [2.05, 4.69) is 33.8 Å². The molecule has 39 heavy (non-hydrogen) atoms. The van der Waals surface area contributed by atoms with Crippen molar-refractivity contribution in [3.8, 4) is 17.0 Å². The molecule has 208 valence electrons. The third kappa shape index (κ3) is 7.35. The normalized spacial score (nSPS) is 13.8. The number of methoxy groups -OCH3 is 1. The lowest BCUT2D eigenvalue weighted by molar-refractivity contribution is -0.131. The maximum absolute atomic E-state index is 13.3. The Bertz CT molecular complexity index is 1180. The fraction of sp³-hybridized carbons (Fsp3) is 0.448. The van der Waals surface area contributed by atoms with Crippen LogP contribution in [0.4, 0.5) is 5.82 Å². The molecule has 0 radical (unpaired) electrons. The molecule has 10 nitrogen and oxygen atoms in total. The highest BCUT2D eigenvalue weighted by atomic mass is 16.5. The monoisotopic (exact) mass is 534 g/mol. The first-order valence-electron chi connectivity index (χ1n) is 13.6. The molecule has 0 bridgehead atoms. The van der Waals surface area contributed by atoms with E-state index >= 15 is 0 Å². The summed E-state index contributed by atoms with van der Waals surface area (Å²) in [7, 11) is 1.64. The van der Waals surface area contributed by atoms with Gasteiger partial charge in [0.05, 0.1) is 19.1 Å². The summed E-state index contributed by atoms with van der Waals surface area (Å²) < 4.78 is 10.6. The number of hydrogen-bond acceptors (Lipinski definition) is 8. The van der Waals surface area contributed by atoms with Gasteiger partial charge < -0.3 is 28.8 Å². The van der Waals surface area contributed by atoms with Crippen LogP contribution in [0.1, 0.15) is 30.8 Å². The van der Waals surface area contributed by atoms with Gasteiger partial charge in [0.2, 0.25) is 5.91 Å². The number of likely N-dealkylation sites (N-methyl/N-ethyl adjacent to an activating group) is 1. The first-order chi connectivity index (χ1) is 19.0. The number of anilines is 1. The highest BCUT2D eigenvalue weighted by molar-refractivity contribution is 5.94. The molecule has 0 atom stereocenters. The van der Waals surface area contributed by atoms with Crippen LogP contribution in [0.15, 0.2) is 59.2 Å². The van der Waals surface area contributed by atoms with E-state index < -0.39 is 0 Å². The van der Waals surface area contributed by atoms with Crippen LogP contribution < -0.4 is 9.64 Å². The lowest BCUT2D eigenvalue weighted by Gasteiger charge is -2.28. The Balaban J connectivity index is 1.36. The highest BCUT2D eigenvalue weighted by Gasteiger charge is 2.26. The zero-order valence-electron chi connectivity index (χ0n) is 23.1. The van der Waals surface area contributed by atoms with Gasteiger partial charge in [0.15, 0.2) is 11.6 Å². The molecule has 4 rings (SSSR count). The molecule has 0 spiro atoms. The molecule has 1 aliphatic heterocycles. The molecule has 3 aromatic rings. The molecule has 0 N–H and O–H groups in total. The van der Waals surface area contributed by atoms with Gasteiger partial charge in [-0.3, -0.25) is 9.59 Å². The molecule has 0 saturated carbocycles. The van der Waals surface area contributed by atoms with Crippen molar-refractivity contribution in [2.24, 2.45) is 0 Å². The lowest BCUT2D eigenvalue weighted by Crippen LogP contribution is -2.46. The molecule has 1 aromatic carbocycles. The quantitative estimate of drug-likeness (QED) is 0.370. The number of carbonyl (C=O) groups is 2. The van der Waals surface area contributed by atoms with E-state index in [1.54, 1.807) is 24.1 Å². The Morgan fingerprint density at radius 3 is 2.38 bits per heavy atom. The smallest absolute Gasteiger partial charge is 0.290 e. The molecule has 0 aliphatic carbocycles. The summed E-state index contributed by atoms with van der Waals surface area (Å²) in [6.45, 7) is 9.75. The molecular weight excluding hydrogens is 496 g/mol. The summed E-state index contributed by atoms with van der Waals surface area (Å²) in [5, 5.41) is 8.89. The molecule has 2 aromatic heterocycles. The first kappa shape index (κ1) is 28.1. The average Bonchev–Trinajstić information content (AvgIpc) is 3.41. The van der Waals surface area contributed by atoms with E-state index in [4.69, 9.17) is 9.15 Å². The Labute approximate surface area is 230 Å². The van der Waals surface area contributed by atoms with E-state index in [0.29, 0.717) is 32.7 Å². The van der Waals surface area contributed by atoms with Crippen LogP contribution in [-0.2, 0) is 4.79 Å². The van der Waals surface area contributed by atoms with Crippen molar-refractivity contribution in [3.63, 3.8) is 0 Å². The lowest BCUT2D eigenvalue weighted by atomic mass is 10.1. The van der Waals surface area contributed by atoms with Crippen molar-refractivity contribution >= 4 is 17.6 Å². The molecule has 1 saturated heterocycles. The average molecular weight is 535 g/mol. The number of benzene rings is 1. The second-order valence-corrected chi connectivity index (χ2v) is 9.46. The van der Waals surface area contributed by atoms with Gasteiger partial charge in [0.1, 0.15) is 12.3 Å². The Hall–Kier alpha value is -3.92. The predicted octanol–water partition coefficient (Wildman–Crippen LogP) is 3.27. The largest absolute Gasteiger partial charge is 0.497 e. The van der Waals surface area contributed by atoms with Gasteiger partial charge in [-0.15, -0.1) is 10.2 Å². The summed E-state index contributed by atoms with van der Waals surface area (Å²) in [5.74, 6) is 1.52. The van der Waals surface area contributed by atoms with Gasteiger partial charge >= 0.3 is 0 Å². The SMILES string of the molecule is CCN(CC)CCN(CC(=O)N1CCCN(c2ccc(-c3ccc(OC)cc3)nn2)CC1)C(=O)c1ccco1. The predicted molar refractivity (Wildman–Crippen MR) is 150 cm³/mol. The van der Waals surface area contributed by atoms with Gasteiger partial charge in [0.25, 0.3) is 5.91 Å². The van der Waals surface area contributed by atoms with Crippen LogP contribution in [0, 0.1) is 0 Å². The van der Waals surface area contributed by atoms with Crippen molar-refractivity contribution in [3.05, 3.63) is 60.6 Å². The van der Waals surface area contributed by atoms with Crippen LogP contribution in [0.3, 0.4) is 0 Å². The Morgan fingerprint density at radius 2 is 1.74 bits per heavy atom. The molecule has 2 amide bonds. The van der Waals surface area contributed by atoms with Crippen molar-refractivity contribution in [1.82, 2.24) is 24.9 Å². The molecule has 1 aliphatic rings. The van der Waals surface area contributed by atoms with Crippen LogP contribution in [0.2, 0.25) is 0 Å². The van der Waals surface area contributed by atoms with Gasteiger partial charge in [0, 0.05) is 44.8 Å². The van der Waals surface area contributed by atoms with Crippen molar-refractivity contribution in [1.29, 1.82) is 0 Å². The number of amides is 2. The standard InChI is InChI=1S/C29H38N6O4/c1-4-32(5-2)17-18-35(29(37)26-8-6-21-39-26)22-28(36)34-16-7-15-33(19-20-34)27-14-13-25(30-31-27)23-9-11-24(38-3)12-10-23/h6,8-14,21H,4-5,7,15-20,22H2,1-3H3. The maximum atomic E-state index is 13.3. The number of aromatic nitrogens is 2. The summed E-state index contributed by atoms with van der Waals surface area (Å²) in [6.07, 6.45) is 2.28. The van der Waals surface area contributed by atoms with Crippen LogP contribution in [0.25, 0.3) is 11.3 Å². The minimum absolute atomic E-state index is 0.0250. The van der Waals surface area contributed by atoms with E-state index in [1.165, 1.54) is 6.26 Å². The molecule has 3 heterocycles. The topological polar surface area (TPSA) is 95.3 Å². The van der Waals surface area contributed by atoms with E-state index in [0.717, 1.165) is 48.9 Å². The molecule has 0 unspecified atom stereocenters. The first-order valence-corrected chi connectivity index (χ1v) is 13.6. The maximum Gasteiger partial charge on any atom is 0.290 e. The fourth-order valence-electron chi connectivity index (χ4n) is 4.68. The number of carbonyl (C=O) groups excluding carboxylic acids is 2. The number of furan rings is 1. The molecular formula is C29H38N6O4. The van der Waals surface area contributed by atoms with Crippen molar-refractivity contribution in [2.45, 2.75) is 20.3 Å². The van der Waals surface area contributed by atoms with Gasteiger partial charge in [-0.25, -0.2) is 0 Å². The number of nitrogens with zero attached hydrogens (tertiary/aromatic N) is 6. The number of rotatable bonds is 11. The van der Waals surface area contributed by atoms with Crippen LogP contribution in [-0.4, -0.2) is 103 Å². The van der Waals surface area contributed by atoms with Crippen molar-refractivity contribution < 1.29 is 18.7 Å². The van der Waals surface area contributed by atoms with Gasteiger partial charge in [-0.1, -0.05) is 13.8 Å². The van der Waals surface area contributed by atoms with Crippen molar-refractivity contribution in [2.75, 3.05) is 70.9 Å². The van der Waals surface area contributed by atoms with Gasteiger partial charge in [-0.2, -0.15) is 0 Å². The summed E-state index contributed by atoms with van der Waals surface area (Å²) in [6, 6.07) is 15.0. The zero-order chi connectivity index (χ0) is 27.6. The van der Waals surface area contributed by atoms with Crippen LogP contribution >= 0.6 is 0 Å². The Kier molecular flexibility index (Phi) is 9.91. The summed E-state index contributed by atoms with van der Waals surface area (Å²) in [4.78, 5) is 34.3. The fourth-order valence-corrected chi connectivity index (χ4v) is 4.68. The summed E-state index contributed by atoms with van der Waals surface area (Å²) >= 11 is 0. The third-order valence-corrected chi connectivity index (χ3v) is 7.13. The van der Waals surface area contributed by atoms with E-state index in [1.807, 2.05) is 41.3 Å². The van der Waals surface area contributed by atoms with Gasteiger partial charge in [-0.05, 0) is 68.0 Å². The second kappa shape index (κ2) is 13.7. The Morgan fingerprint density at radius 1 is 0.949 bits per heavy atom. The highest BCUT2D eigenvalue weighted by Crippen LogP contribution is 2.22. The van der Waals surface area contributed by atoms with Crippen LogP contribution in [0.5, 0.6) is 5.75 Å². The second-order valence-electron chi connectivity index (χ2n) is 9.46. The number of ether oxygens (including phenoxy) is 1. The molecule has 1 fully saturated rings.